The number of rotatable bonds is 8. The normalized spacial score (nSPS) is 23.3. The molecule has 1 aromatic heterocycles. The number of aliphatic hydroxyl groups excluding tert-OH is 1. The van der Waals surface area contributed by atoms with Gasteiger partial charge >= 0.3 is 5.97 Å². The van der Waals surface area contributed by atoms with E-state index in [0.29, 0.717) is 11.4 Å². The van der Waals surface area contributed by atoms with Gasteiger partial charge in [-0.1, -0.05) is 12.1 Å². The van der Waals surface area contributed by atoms with Gasteiger partial charge in [0.1, 0.15) is 11.6 Å². The Morgan fingerprint density at radius 2 is 1.92 bits per heavy atom. The molecular formula is C29H36FN3O5. The van der Waals surface area contributed by atoms with E-state index in [-0.39, 0.29) is 24.6 Å². The molecule has 1 aliphatic carbocycles. The summed E-state index contributed by atoms with van der Waals surface area (Å²) in [5.74, 6) is -1.72. The van der Waals surface area contributed by atoms with Crippen molar-refractivity contribution in [3.05, 3.63) is 59.2 Å². The SMILES string of the molecule is COC1CCC(n2c(CC(C(=O)O)c3cccc(F)c3)nc3c4c(ccc32)N(C(O)OC)[C@@H](C)CC4)CC1. The van der Waals surface area contributed by atoms with E-state index in [0.717, 1.165) is 60.8 Å². The summed E-state index contributed by atoms with van der Waals surface area (Å²) >= 11 is 0. The lowest BCUT2D eigenvalue weighted by Gasteiger charge is -2.39. The van der Waals surface area contributed by atoms with Crippen LogP contribution < -0.4 is 4.90 Å². The summed E-state index contributed by atoms with van der Waals surface area (Å²) in [6.07, 6.45) is 4.56. The Morgan fingerprint density at radius 3 is 2.58 bits per heavy atom. The number of imidazole rings is 1. The molecule has 3 aromatic rings. The molecule has 2 N–H and O–H groups in total. The molecular weight excluding hydrogens is 489 g/mol. The van der Waals surface area contributed by atoms with Crippen LogP contribution >= 0.6 is 0 Å². The third-order valence-electron chi connectivity index (χ3n) is 8.31. The van der Waals surface area contributed by atoms with Gasteiger partial charge < -0.3 is 29.2 Å². The van der Waals surface area contributed by atoms with Crippen molar-refractivity contribution in [3.8, 4) is 0 Å². The molecule has 1 fully saturated rings. The number of fused-ring (bicyclic) bond motifs is 3. The molecule has 0 amide bonds. The van der Waals surface area contributed by atoms with Gasteiger partial charge in [0.2, 0.25) is 6.41 Å². The van der Waals surface area contributed by atoms with Crippen LogP contribution in [-0.2, 0) is 27.1 Å². The Balaban J connectivity index is 1.63. The largest absolute Gasteiger partial charge is 0.481 e. The van der Waals surface area contributed by atoms with Crippen molar-refractivity contribution >= 4 is 22.7 Å². The Bertz CT molecular complexity index is 1300. The van der Waals surface area contributed by atoms with Gasteiger partial charge in [0, 0.05) is 44.0 Å². The Morgan fingerprint density at radius 1 is 1.16 bits per heavy atom. The van der Waals surface area contributed by atoms with Crippen LogP contribution in [0.25, 0.3) is 11.0 Å². The van der Waals surface area contributed by atoms with Crippen molar-refractivity contribution in [3.63, 3.8) is 0 Å². The number of carboxylic acid groups (broad SMARTS) is 1. The Kier molecular flexibility index (Phi) is 7.70. The lowest BCUT2D eigenvalue weighted by molar-refractivity contribution is -0.138. The highest BCUT2D eigenvalue weighted by Crippen LogP contribution is 2.41. The van der Waals surface area contributed by atoms with E-state index in [2.05, 4.69) is 11.5 Å². The number of aliphatic hydroxyl groups is 1. The van der Waals surface area contributed by atoms with Crippen LogP contribution in [0.15, 0.2) is 36.4 Å². The molecule has 8 nitrogen and oxygen atoms in total. The second kappa shape index (κ2) is 11.0. The van der Waals surface area contributed by atoms with Crippen molar-refractivity contribution < 1.29 is 28.9 Å². The van der Waals surface area contributed by atoms with E-state index >= 15 is 0 Å². The number of ether oxygens (including phenoxy) is 2. The van der Waals surface area contributed by atoms with E-state index in [1.165, 1.54) is 19.2 Å². The minimum atomic E-state index is -1.07. The van der Waals surface area contributed by atoms with Gasteiger partial charge in [0.05, 0.1) is 23.1 Å². The highest BCUT2D eigenvalue weighted by atomic mass is 19.1. The van der Waals surface area contributed by atoms with Crippen LogP contribution in [-0.4, -0.2) is 58.5 Å². The highest BCUT2D eigenvalue weighted by Gasteiger charge is 2.33. The van der Waals surface area contributed by atoms with Crippen LogP contribution in [0.4, 0.5) is 10.1 Å². The minimum Gasteiger partial charge on any atom is -0.481 e. The van der Waals surface area contributed by atoms with Crippen LogP contribution in [0.5, 0.6) is 0 Å². The standard InChI is InChI=1S/C29H36FN3O5/c1-17-7-12-22-24(32(17)29(36)38-3)13-14-25-27(22)31-26(33(25)20-8-10-21(37-2)11-9-20)16-23(28(34)35)18-5-4-6-19(30)15-18/h4-6,13-15,17,20-21,23,29,36H,7-12,16H2,1-3H3,(H,34,35)/t17-,20?,21?,23?,29?/m0/s1. The van der Waals surface area contributed by atoms with Gasteiger partial charge in [0.25, 0.3) is 0 Å². The molecule has 2 aromatic carbocycles. The predicted molar refractivity (Wildman–Crippen MR) is 142 cm³/mol. The molecule has 0 spiro atoms. The molecule has 9 heteroatoms. The lowest BCUT2D eigenvalue weighted by atomic mass is 9.91. The summed E-state index contributed by atoms with van der Waals surface area (Å²) in [6.45, 7) is 2.06. The average Bonchev–Trinajstić information content (AvgIpc) is 3.29. The molecule has 3 atom stereocenters. The monoisotopic (exact) mass is 525 g/mol. The van der Waals surface area contributed by atoms with Crippen LogP contribution in [0.2, 0.25) is 0 Å². The smallest absolute Gasteiger partial charge is 0.311 e. The molecule has 0 bridgehead atoms. The number of methoxy groups -OCH3 is 2. The predicted octanol–water partition coefficient (Wildman–Crippen LogP) is 4.78. The van der Waals surface area contributed by atoms with Crippen molar-refractivity contribution in [2.45, 2.75) is 82.4 Å². The fraction of sp³-hybridized carbons (Fsp3) is 0.517. The van der Waals surface area contributed by atoms with E-state index in [4.69, 9.17) is 14.5 Å². The third-order valence-corrected chi connectivity index (χ3v) is 8.31. The number of carboxylic acids is 1. The zero-order chi connectivity index (χ0) is 27.0. The molecule has 0 saturated heterocycles. The first-order valence-corrected chi connectivity index (χ1v) is 13.3. The van der Waals surface area contributed by atoms with E-state index in [1.807, 2.05) is 17.0 Å². The Hall–Kier alpha value is -3.01. The molecule has 38 heavy (non-hydrogen) atoms. The quantitative estimate of drug-likeness (QED) is 0.409. The summed E-state index contributed by atoms with van der Waals surface area (Å²) in [5.41, 5.74) is 4.12. The van der Waals surface area contributed by atoms with E-state index in [1.54, 1.807) is 19.2 Å². The number of anilines is 1. The van der Waals surface area contributed by atoms with Crippen LogP contribution in [0.1, 0.15) is 67.9 Å². The maximum atomic E-state index is 14.0. The number of hydrogen-bond acceptors (Lipinski definition) is 6. The maximum Gasteiger partial charge on any atom is 0.311 e. The molecule has 204 valence electrons. The first kappa shape index (κ1) is 26.6. The number of carbonyl (C=O) groups is 1. The molecule has 2 unspecified atom stereocenters. The fourth-order valence-electron chi connectivity index (χ4n) is 6.27. The van der Waals surface area contributed by atoms with Crippen molar-refractivity contribution in [1.82, 2.24) is 9.55 Å². The van der Waals surface area contributed by atoms with Gasteiger partial charge in [-0.05, 0) is 75.3 Å². The summed E-state index contributed by atoms with van der Waals surface area (Å²) < 4.78 is 27.1. The zero-order valence-corrected chi connectivity index (χ0v) is 22.1. The lowest BCUT2D eigenvalue weighted by Crippen LogP contribution is -2.45. The first-order valence-electron chi connectivity index (χ1n) is 13.3. The summed E-state index contributed by atoms with van der Waals surface area (Å²) in [6, 6.07) is 10.1. The highest BCUT2D eigenvalue weighted by molar-refractivity contribution is 5.87. The number of benzene rings is 2. The topological polar surface area (TPSA) is 97.0 Å². The van der Waals surface area contributed by atoms with Crippen LogP contribution in [0, 0.1) is 5.82 Å². The van der Waals surface area contributed by atoms with Crippen molar-refractivity contribution in [1.29, 1.82) is 0 Å². The van der Waals surface area contributed by atoms with E-state index < -0.39 is 24.1 Å². The average molecular weight is 526 g/mol. The van der Waals surface area contributed by atoms with Gasteiger partial charge in [0.15, 0.2) is 0 Å². The number of aromatic nitrogens is 2. The fourth-order valence-corrected chi connectivity index (χ4v) is 6.27. The number of halogens is 1. The summed E-state index contributed by atoms with van der Waals surface area (Å²) in [7, 11) is 3.22. The third kappa shape index (κ3) is 4.90. The molecule has 1 saturated carbocycles. The van der Waals surface area contributed by atoms with Gasteiger partial charge in [-0.2, -0.15) is 0 Å². The van der Waals surface area contributed by atoms with Gasteiger partial charge in [-0.25, -0.2) is 9.37 Å². The summed E-state index contributed by atoms with van der Waals surface area (Å²) in [5, 5.41) is 20.7. The first-order chi connectivity index (χ1) is 18.3. The molecule has 2 heterocycles. The number of aliphatic carboxylic acids is 1. The Labute approximate surface area is 222 Å². The number of hydrogen-bond donors (Lipinski definition) is 2. The molecule has 2 aliphatic rings. The van der Waals surface area contributed by atoms with Gasteiger partial charge in [-0.3, -0.25) is 4.79 Å². The van der Waals surface area contributed by atoms with Crippen molar-refractivity contribution in [2.24, 2.45) is 0 Å². The molecule has 1 aliphatic heterocycles. The second-order valence-corrected chi connectivity index (χ2v) is 10.5. The molecule has 0 radical (unpaired) electrons. The minimum absolute atomic E-state index is 0.0881. The van der Waals surface area contributed by atoms with Crippen LogP contribution in [0.3, 0.4) is 0 Å². The number of nitrogens with zero attached hydrogens (tertiary/aromatic N) is 3. The zero-order valence-electron chi connectivity index (χ0n) is 22.1. The molecule has 5 rings (SSSR count). The van der Waals surface area contributed by atoms with E-state index in [9.17, 15) is 19.4 Å². The maximum absolute atomic E-state index is 14.0. The summed E-state index contributed by atoms with van der Waals surface area (Å²) in [4.78, 5) is 19.3. The number of aryl methyl sites for hydroxylation is 1. The van der Waals surface area contributed by atoms with Crippen molar-refractivity contribution in [2.75, 3.05) is 19.1 Å². The second-order valence-electron chi connectivity index (χ2n) is 10.5. The van der Waals surface area contributed by atoms with Gasteiger partial charge in [-0.15, -0.1) is 0 Å².